The molecule has 1 fully saturated rings. The van der Waals surface area contributed by atoms with Crippen molar-refractivity contribution >= 4 is 38.0 Å². The smallest absolute Gasteiger partial charge is 0.338 e. The molecule has 1 aromatic rings. The van der Waals surface area contributed by atoms with Gasteiger partial charge in [0.15, 0.2) is 0 Å². The molecule has 8 nitrogen and oxygen atoms in total. The summed E-state index contributed by atoms with van der Waals surface area (Å²) in [6.45, 7) is 8.15. The zero-order chi connectivity index (χ0) is 20.9. The number of urea groups is 1. The molecule has 1 aliphatic heterocycles. The Morgan fingerprint density at radius 1 is 1.11 bits per heavy atom. The van der Waals surface area contributed by atoms with Crippen molar-refractivity contribution in [1.82, 2.24) is 14.1 Å². The Hall–Kier alpha value is -1.65. The highest BCUT2D eigenvalue weighted by Crippen LogP contribution is 2.27. The van der Waals surface area contributed by atoms with Gasteiger partial charge in [-0.1, -0.05) is 0 Å². The van der Waals surface area contributed by atoms with E-state index in [0.717, 1.165) is 0 Å². The Morgan fingerprint density at radius 3 is 2.21 bits per heavy atom. The van der Waals surface area contributed by atoms with Crippen LogP contribution in [-0.4, -0.2) is 80.4 Å². The summed E-state index contributed by atoms with van der Waals surface area (Å²) in [6, 6.07) is 4.22. The molecule has 0 aliphatic carbocycles. The average molecular weight is 476 g/mol. The zero-order valence-corrected chi connectivity index (χ0v) is 18.8. The fraction of sp³-hybridized carbons (Fsp3) is 0.556. The predicted octanol–water partition coefficient (Wildman–Crippen LogP) is 2.39. The fourth-order valence-corrected chi connectivity index (χ4v) is 5.46. The monoisotopic (exact) mass is 475 g/mol. The fourth-order valence-electron chi connectivity index (χ4n) is 3.00. The van der Waals surface area contributed by atoms with Gasteiger partial charge >= 0.3 is 12.0 Å². The maximum absolute atomic E-state index is 13.0. The van der Waals surface area contributed by atoms with Crippen LogP contribution in [0.1, 0.15) is 31.1 Å². The number of nitrogens with zero attached hydrogens (tertiary/aromatic N) is 3. The van der Waals surface area contributed by atoms with Gasteiger partial charge in [-0.2, -0.15) is 4.31 Å². The van der Waals surface area contributed by atoms with Crippen LogP contribution in [0.5, 0.6) is 0 Å². The standard InChI is InChI=1S/C18H26BrN3O5S/c1-4-20(5-2)18(24)21-9-11-22(12-10-21)28(25,26)16-8-7-14(13-15(16)19)17(23)27-6-3/h7-8,13H,4-6,9-12H2,1-3H3. The Bertz CT molecular complexity index is 819. The van der Waals surface area contributed by atoms with Crippen molar-refractivity contribution in [2.45, 2.75) is 25.7 Å². The normalized spacial score (nSPS) is 15.4. The zero-order valence-electron chi connectivity index (χ0n) is 16.4. The van der Waals surface area contributed by atoms with E-state index in [1.807, 2.05) is 13.8 Å². The molecule has 0 atom stereocenters. The first kappa shape index (κ1) is 22.6. The largest absolute Gasteiger partial charge is 0.462 e. The number of sulfonamides is 1. The Kier molecular flexibility index (Phi) is 7.85. The number of rotatable bonds is 6. The quantitative estimate of drug-likeness (QED) is 0.589. The summed E-state index contributed by atoms with van der Waals surface area (Å²) in [7, 11) is -3.75. The number of carbonyl (C=O) groups is 2. The van der Waals surface area contributed by atoms with Crippen LogP contribution in [0.3, 0.4) is 0 Å². The highest BCUT2D eigenvalue weighted by molar-refractivity contribution is 9.10. The van der Waals surface area contributed by atoms with Crippen LogP contribution in [0.2, 0.25) is 0 Å². The van der Waals surface area contributed by atoms with Crippen LogP contribution in [0.25, 0.3) is 0 Å². The first-order valence-corrected chi connectivity index (χ1v) is 11.5. The summed E-state index contributed by atoms with van der Waals surface area (Å²) in [5, 5.41) is 0. The van der Waals surface area contributed by atoms with Gasteiger partial charge in [-0.15, -0.1) is 0 Å². The van der Waals surface area contributed by atoms with Crippen LogP contribution < -0.4 is 0 Å². The molecule has 1 aliphatic rings. The van der Waals surface area contributed by atoms with E-state index in [1.54, 1.807) is 16.7 Å². The minimum absolute atomic E-state index is 0.0676. The van der Waals surface area contributed by atoms with E-state index in [4.69, 9.17) is 4.74 Å². The third-order valence-corrected chi connectivity index (χ3v) is 7.48. The molecule has 0 bridgehead atoms. The summed E-state index contributed by atoms with van der Waals surface area (Å²) in [5.74, 6) is -0.504. The van der Waals surface area contributed by atoms with Crippen molar-refractivity contribution in [3.05, 3.63) is 28.2 Å². The number of ether oxygens (including phenoxy) is 1. The maximum atomic E-state index is 13.0. The van der Waals surface area contributed by atoms with Crippen molar-refractivity contribution in [1.29, 1.82) is 0 Å². The van der Waals surface area contributed by atoms with E-state index < -0.39 is 16.0 Å². The third kappa shape index (κ3) is 4.84. The van der Waals surface area contributed by atoms with Gasteiger partial charge in [0.1, 0.15) is 0 Å². The van der Waals surface area contributed by atoms with Gasteiger partial charge in [0.2, 0.25) is 10.0 Å². The van der Waals surface area contributed by atoms with Crippen molar-refractivity contribution < 1.29 is 22.7 Å². The number of esters is 1. The number of benzene rings is 1. The Morgan fingerprint density at radius 2 is 1.71 bits per heavy atom. The van der Waals surface area contributed by atoms with E-state index >= 15 is 0 Å². The van der Waals surface area contributed by atoms with Crippen molar-refractivity contribution in [3.63, 3.8) is 0 Å². The molecule has 156 valence electrons. The van der Waals surface area contributed by atoms with Gasteiger partial charge in [-0.05, 0) is 54.9 Å². The second kappa shape index (κ2) is 9.71. The lowest BCUT2D eigenvalue weighted by Gasteiger charge is -2.36. The number of carbonyl (C=O) groups excluding carboxylic acids is 2. The lowest BCUT2D eigenvalue weighted by molar-refractivity contribution is 0.0526. The molecule has 0 aromatic heterocycles. The number of piperazine rings is 1. The van der Waals surface area contributed by atoms with Crippen molar-refractivity contribution in [2.24, 2.45) is 0 Å². The number of halogens is 1. The van der Waals surface area contributed by atoms with Gasteiger partial charge in [0.05, 0.1) is 17.1 Å². The lowest BCUT2D eigenvalue weighted by atomic mass is 10.2. The van der Waals surface area contributed by atoms with Crippen LogP contribution >= 0.6 is 15.9 Å². The van der Waals surface area contributed by atoms with Crippen LogP contribution in [0.4, 0.5) is 4.79 Å². The second-order valence-electron chi connectivity index (χ2n) is 6.21. The maximum Gasteiger partial charge on any atom is 0.338 e. The molecule has 2 amide bonds. The molecule has 10 heteroatoms. The Labute approximate surface area is 174 Å². The summed E-state index contributed by atoms with van der Waals surface area (Å²) in [4.78, 5) is 27.7. The molecule has 1 aromatic carbocycles. The topological polar surface area (TPSA) is 87.2 Å². The molecule has 0 saturated carbocycles. The molecule has 1 saturated heterocycles. The van der Waals surface area contributed by atoms with Gasteiger partial charge in [-0.25, -0.2) is 18.0 Å². The van der Waals surface area contributed by atoms with Gasteiger partial charge in [0.25, 0.3) is 0 Å². The molecule has 1 heterocycles. The molecule has 0 radical (unpaired) electrons. The van der Waals surface area contributed by atoms with E-state index in [2.05, 4.69) is 15.9 Å². The average Bonchev–Trinajstić information content (AvgIpc) is 2.68. The van der Waals surface area contributed by atoms with Crippen LogP contribution in [0, 0.1) is 0 Å². The summed E-state index contributed by atoms with van der Waals surface area (Å²) in [5.41, 5.74) is 0.280. The van der Waals surface area contributed by atoms with Gasteiger partial charge in [0, 0.05) is 43.7 Å². The first-order chi connectivity index (χ1) is 13.3. The minimum atomic E-state index is -3.75. The molecule has 0 spiro atoms. The van der Waals surface area contributed by atoms with E-state index in [-0.39, 0.29) is 36.2 Å². The van der Waals surface area contributed by atoms with E-state index in [9.17, 15) is 18.0 Å². The van der Waals surface area contributed by atoms with Crippen molar-refractivity contribution in [2.75, 3.05) is 45.9 Å². The molecule has 0 unspecified atom stereocenters. The van der Waals surface area contributed by atoms with Gasteiger partial charge in [-0.3, -0.25) is 0 Å². The molecule has 2 rings (SSSR count). The third-order valence-electron chi connectivity index (χ3n) is 4.60. The van der Waals surface area contributed by atoms with Gasteiger partial charge < -0.3 is 14.5 Å². The predicted molar refractivity (Wildman–Crippen MR) is 109 cm³/mol. The van der Waals surface area contributed by atoms with Crippen molar-refractivity contribution in [3.8, 4) is 0 Å². The van der Waals surface area contributed by atoms with E-state index in [0.29, 0.717) is 30.7 Å². The van der Waals surface area contributed by atoms with E-state index in [1.165, 1.54) is 22.5 Å². The first-order valence-electron chi connectivity index (χ1n) is 9.26. The molecule has 0 N–H and O–H groups in total. The molecular formula is C18H26BrN3O5S. The van der Waals surface area contributed by atoms with Crippen LogP contribution in [0.15, 0.2) is 27.6 Å². The summed E-state index contributed by atoms with van der Waals surface area (Å²) < 4.78 is 32.6. The second-order valence-corrected chi connectivity index (χ2v) is 8.97. The lowest BCUT2D eigenvalue weighted by Crippen LogP contribution is -2.53. The van der Waals surface area contributed by atoms with Crippen LogP contribution in [-0.2, 0) is 14.8 Å². The highest BCUT2D eigenvalue weighted by atomic mass is 79.9. The summed E-state index contributed by atoms with van der Waals surface area (Å²) >= 11 is 3.26. The number of amides is 2. The molecule has 28 heavy (non-hydrogen) atoms. The Balaban J connectivity index is 2.12. The SMILES string of the molecule is CCOC(=O)c1ccc(S(=O)(=O)N2CCN(C(=O)N(CC)CC)CC2)c(Br)c1. The summed E-state index contributed by atoms with van der Waals surface area (Å²) in [6.07, 6.45) is 0. The highest BCUT2D eigenvalue weighted by Gasteiger charge is 2.32. The minimum Gasteiger partial charge on any atom is -0.462 e. The number of hydrogen-bond donors (Lipinski definition) is 0. The molecular weight excluding hydrogens is 450 g/mol. The number of hydrogen-bond acceptors (Lipinski definition) is 5.